The quantitative estimate of drug-likeness (QED) is 0.520. The van der Waals surface area contributed by atoms with Crippen molar-refractivity contribution in [3.05, 3.63) is 46.5 Å². The SMILES string of the molecule is CCOC(=O)[C@@]1(C(=O)O)CC=C(C)C[C@H]1c1ccc(Cl)cc1. The van der Waals surface area contributed by atoms with Crippen LogP contribution < -0.4 is 0 Å². The van der Waals surface area contributed by atoms with Crippen molar-refractivity contribution in [1.82, 2.24) is 0 Å². The first-order valence-electron chi connectivity index (χ1n) is 7.23. The standard InChI is InChI=1S/C17H19ClO4/c1-3-22-16(21)17(15(19)20)9-8-11(2)10-14(17)12-4-6-13(18)7-5-12/h4-8,14H,3,9-10H2,1-2H3,(H,19,20)/t14-,17-/m0/s1. The maximum atomic E-state index is 12.5. The molecule has 0 fully saturated rings. The number of hydrogen-bond donors (Lipinski definition) is 1. The molecule has 1 aliphatic rings. The molecule has 0 bridgehead atoms. The van der Waals surface area contributed by atoms with E-state index in [9.17, 15) is 14.7 Å². The lowest BCUT2D eigenvalue weighted by Gasteiger charge is -2.38. The molecule has 0 amide bonds. The Morgan fingerprint density at radius 3 is 2.55 bits per heavy atom. The number of carboxylic acids is 1. The normalized spacial score (nSPS) is 24.5. The summed E-state index contributed by atoms with van der Waals surface area (Å²) in [6, 6.07) is 6.98. The van der Waals surface area contributed by atoms with Gasteiger partial charge in [0.25, 0.3) is 0 Å². The zero-order chi connectivity index (χ0) is 16.3. The number of halogens is 1. The Bertz CT molecular complexity index is 606. The first-order valence-corrected chi connectivity index (χ1v) is 7.61. The van der Waals surface area contributed by atoms with E-state index in [0.717, 1.165) is 11.1 Å². The Hall–Kier alpha value is -1.81. The van der Waals surface area contributed by atoms with E-state index in [2.05, 4.69) is 0 Å². The summed E-state index contributed by atoms with van der Waals surface area (Å²) in [6.07, 6.45) is 2.46. The summed E-state index contributed by atoms with van der Waals surface area (Å²) in [5, 5.41) is 10.4. The fourth-order valence-corrected chi connectivity index (χ4v) is 3.09. The van der Waals surface area contributed by atoms with Crippen molar-refractivity contribution in [1.29, 1.82) is 0 Å². The van der Waals surface area contributed by atoms with E-state index >= 15 is 0 Å². The second kappa shape index (κ2) is 6.53. The number of esters is 1. The third-order valence-electron chi connectivity index (χ3n) is 4.19. The van der Waals surface area contributed by atoms with Gasteiger partial charge in [0.05, 0.1) is 6.61 Å². The maximum Gasteiger partial charge on any atom is 0.324 e. The van der Waals surface area contributed by atoms with E-state index in [1.165, 1.54) is 0 Å². The number of carboxylic acid groups (broad SMARTS) is 1. The molecule has 22 heavy (non-hydrogen) atoms. The molecular weight excluding hydrogens is 304 g/mol. The Morgan fingerprint density at radius 1 is 1.36 bits per heavy atom. The van der Waals surface area contributed by atoms with Crippen molar-refractivity contribution in [2.24, 2.45) is 5.41 Å². The van der Waals surface area contributed by atoms with Crippen molar-refractivity contribution in [2.45, 2.75) is 32.6 Å². The van der Waals surface area contributed by atoms with Gasteiger partial charge >= 0.3 is 11.9 Å². The fourth-order valence-electron chi connectivity index (χ4n) is 2.96. The molecule has 0 saturated heterocycles. The minimum atomic E-state index is -1.58. The first kappa shape index (κ1) is 16.6. The van der Waals surface area contributed by atoms with Crippen molar-refractivity contribution >= 4 is 23.5 Å². The number of allylic oxidation sites excluding steroid dienone is 2. The van der Waals surface area contributed by atoms with E-state index in [4.69, 9.17) is 16.3 Å². The molecule has 0 saturated carbocycles. The largest absolute Gasteiger partial charge is 0.480 e. The van der Waals surface area contributed by atoms with Crippen molar-refractivity contribution in [2.75, 3.05) is 6.61 Å². The second-order valence-electron chi connectivity index (χ2n) is 5.56. The molecule has 0 aliphatic heterocycles. The third-order valence-corrected chi connectivity index (χ3v) is 4.44. The van der Waals surface area contributed by atoms with Crippen molar-refractivity contribution in [3.63, 3.8) is 0 Å². The molecule has 0 spiro atoms. The van der Waals surface area contributed by atoms with Crippen LogP contribution in [0.3, 0.4) is 0 Å². The highest BCUT2D eigenvalue weighted by Crippen LogP contribution is 2.48. The van der Waals surface area contributed by atoms with Crippen LogP contribution >= 0.6 is 11.6 Å². The number of aliphatic carboxylic acids is 1. The highest BCUT2D eigenvalue weighted by Gasteiger charge is 2.55. The summed E-state index contributed by atoms with van der Waals surface area (Å²) in [5.41, 5.74) is 0.275. The topological polar surface area (TPSA) is 63.6 Å². The Kier molecular flexibility index (Phi) is 4.91. The summed E-state index contributed by atoms with van der Waals surface area (Å²) in [4.78, 5) is 24.5. The van der Waals surface area contributed by atoms with Gasteiger partial charge in [0, 0.05) is 10.9 Å². The molecule has 0 radical (unpaired) electrons. The zero-order valence-electron chi connectivity index (χ0n) is 12.6. The maximum absolute atomic E-state index is 12.5. The van der Waals surface area contributed by atoms with Crippen LogP contribution in [-0.2, 0) is 14.3 Å². The molecule has 1 aliphatic carbocycles. The molecule has 1 aromatic rings. The van der Waals surface area contributed by atoms with E-state index in [1.54, 1.807) is 31.2 Å². The molecule has 0 heterocycles. The number of hydrogen-bond acceptors (Lipinski definition) is 3. The Morgan fingerprint density at radius 2 is 2.00 bits per heavy atom. The summed E-state index contributed by atoms with van der Waals surface area (Å²) < 4.78 is 5.08. The molecule has 4 nitrogen and oxygen atoms in total. The summed E-state index contributed by atoms with van der Waals surface area (Å²) in [5.74, 6) is -2.29. The van der Waals surface area contributed by atoms with Crippen LogP contribution in [0.2, 0.25) is 5.02 Å². The molecule has 0 aromatic heterocycles. The van der Waals surface area contributed by atoms with E-state index in [1.807, 2.05) is 13.0 Å². The lowest BCUT2D eigenvalue weighted by molar-refractivity contribution is -0.171. The summed E-state index contributed by atoms with van der Waals surface area (Å²) >= 11 is 5.91. The Labute approximate surface area is 134 Å². The lowest BCUT2D eigenvalue weighted by atomic mass is 9.64. The number of rotatable bonds is 4. The smallest absolute Gasteiger partial charge is 0.324 e. The van der Waals surface area contributed by atoms with Gasteiger partial charge in [0.15, 0.2) is 5.41 Å². The molecule has 0 unspecified atom stereocenters. The summed E-state index contributed by atoms with van der Waals surface area (Å²) in [7, 11) is 0. The fraction of sp³-hybridized carbons (Fsp3) is 0.412. The highest BCUT2D eigenvalue weighted by molar-refractivity contribution is 6.30. The van der Waals surface area contributed by atoms with E-state index in [0.29, 0.717) is 11.4 Å². The zero-order valence-corrected chi connectivity index (χ0v) is 13.4. The molecule has 2 rings (SSSR count). The molecule has 1 aromatic carbocycles. The second-order valence-corrected chi connectivity index (χ2v) is 6.00. The van der Waals surface area contributed by atoms with Gasteiger partial charge in [-0.3, -0.25) is 9.59 Å². The number of carbonyl (C=O) groups is 2. The predicted octanol–water partition coefficient (Wildman–Crippen LogP) is 3.80. The minimum Gasteiger partial charge on any atom is -0.480 e. The van der Waals surface area contributed by atoms with E-state index < -0.39 is 23.3 Å². The monoisotopic (exact) mass is 322 g/mol. The molecule has 2 atom stereocenters. The van der Waals surface area contributed by atoms with Crippen LogP contribution in [0.4, 0.5) is 0 Å². The van der Waals surface area contributed by atoms with Crippen LogP contribution in [0.15, 0.2) is 35.9 Å². The van der Waals surface area contributed by atoms with Gasteiger partial charge in [-0.15, -0.1) is 0 Å². The predicted molar refractivity (Wildman–Crippen MR) is 83.9 cm³/mol. The number of benzene rings is 1. The molecule has 118 valence electrons. The number of ether oxygens (including phenoxy) is 1. The first-order chi connectivity index (χ1) is 10.4. The summed E-state index contributed by atoms with van der Waals surface area (Å²) in [6.45, 7) is 3.78. The highest BCUT2D eigenvalue weighted by atomic mass is 35.5. The minimum absolute atomic E-state index is 0.139. The van der Waals surface area contributed by atoms with Crippen LogP contribution in [0, 0.1) is 5.41 Å². The van der Waals surface area contributed by atoms with Crippen LogP contribution in [0.25, 0.3) is 0 Å². The van der Waals surface area contributed by atoms with Gasteiger partial charge in [0.2, 0.25) is 0 Å². The van der Waals surface area contributed by atoms with Crippen LogP contribution in [0.1, 0.15) is 38.2 Å². The van der Waals surface area contributed by atoms with Crippen molar-refractivity contribution < 1.29 is 19.4 Å². The average molecular weight is 323 g/mol. The molecule has 5 heteroatoms. The van der Waals surface area contributed by atoms with Crippen LogP contribution in [-0.4, -0.2) is 23.7 Å². The molecule has 1 N–H and O–H groups in total. The molecular formula is C17H19ClO4. The van der Waals surface area contributed by atoms with Crippen LogP contribution in [0.5, 0.6) is 0 Å². The number of carbonyl (C=O) groups excluding carboxylic acids is 1. The van der Waals surface area contributed by atoms with Gasteiger partial charge in [-0.05, 0) is 44.4 Å². The lowest BCUT2D eigenvalue weighted by Crippen LogP contribution is -2.47. The van der Waals surface area contributed by atoms with Gasteiger partial charge < -0.3 is 9.84 Å². The third kappa shape index (κ3) is 2.88. The van der Waals surface area contributed by atoms with Gasteiger partial charge in [-0.2, -0.15) is 0 Å². The van der Waals surface area contributed by atoms with Gasteiger partial charge in [0.1, 0.15) is 0 Å². The van der Waals surface area contributed by atoms with Crippen molar-refractivity contribution in [3.8, 4) is 0 Å². The average Bonchev–Trinajstić information content (AvgIpc) is 2.48. The Balaban J connectivity index is 2.54. The van der Waals surface area contributed by atoms with Gasteiger partial charge in [-0.1, -0.05) is 35.4 Å². The van der Waals surface area contributed by atoms with E-state index in [-0.39, 0.29) is 13.0 Å². The van der Waals surface area contributed by atoms with Gasteiger partial charge in [-0.25, -0.2) is 0 Å².